The molecule has 0 spiro atoms. The number of hydrogen-bond acceptors (Lipinski definition) is 4. The topological polar surface area (TPSA) is 90.8 Å². The van der Waals surface area contributed by atoms with E-state index in [2.05, 4.69) is 32.9 Å². The zero-order chi connectivity index (χ0) is 22.8. The number of halogens is 1. The molecule has 4 amide bonds. The number of aromatic nitrogens is 2. The van der Waals surface area contributed by atoms with E-state index in [0.29, 0.717) is 31.1 Å². The molecule has 3 heterocycles. The minimum Gasteiger partial charge on any atom is -0.341 e. The quantitative estimate of drug-likeness (QED) is 0.458. The highest BCUT2D eigenvalue weighted by molar-refractivity contribution is 14.1. The molecule has 0 saturated carbocycles. The van der Waals surface area contributed by atoms with Gasteiger partial charge in [0.2, 0.25) is 5.91 Å². The second kappa shape index (κ2) is 9.47. The number of fused-ring (bicyclic) bond motifs is 1. The molecule has 1 saturated heterocycles. The molecule has 2 aromatic rings. The van der Waals surface area contributed by atoms with Crippen molar-refractivity contribution in [3.8, 4) is 0 Å². The maximum absolute atomic E-state index is 12.7. The first-order chi connectivity index (χ1) is 15.4. The average Bonchev–Trinajstić information content (AvgIpc) is 3.33. The predicted molar refractivity (Wildman–Crippen MR) is 129 cm³/mol. The average molecular weight is 550 g/mol. The molecule has 0 unspecified atom stereocenters. The van der Waals surface area contributed by atoms with Crippen LogP contribution in [-0.2, 0) is 15.8 Å². The van der Waals surface area contributed by atoms with E-state index in [1.54, 1.807) is 22.7 Å². The van der Waals surface area contributed by atoms with Gasteiger partial charge in [0.1, 0.15) is 12.4 Å². The first kappa shape index (κ1) is 22.6. The van der Waals surface area contributed by atoms with Gasteiger partial charge >= 0.3 is 12.1 Å². The molecule has 0 atom stereocenters. The number of nitrogens with zero attached hydrogens (tertiary/aromatic N) is 5. The Morgan fingerprint density at radius 2 is 1.91 bits per heavy atom. The van der Waals surface area contributed by atoms with Crippen LogP contribution in [0.2, 0.25) is 0 Å². The van der Waals surface area contributed by atoms with Gasteiger partial charge in [-0.25, -0.2) is 14.6 Å². The fourth-order valence-corrected chi connectivity index (χ4v) is 4.73. The molecular weight excluding hydrogens is 523 g/mol. The molecule has 1 aromatic heterocycles. The van der Waals surface area contributed by atoms with Crippen LogP contribution in [0.25, 0.3) is 0 Å². The number of alkyl halides is 1. The lowest BCUT2D eigenvalue weighted by Gasteiger charge is -2.36. The number of rotatable bonds is 5. The summed E-state index contributed by atoms with van der Waals surface area (Å²) in [6.07, 6.45) is 3.21. The Balaban J connectivity index is 1.25. The van der Waals surface area contributed by atoms with Gasteiger partial charge in [0, 0.05) is 36.3 Å². The molecule has 170 valence electrons. The summed E-state index contributed by atoms with van der Waals surface area (Å²) in [5.41, 5.74) is 2.81. The molecule has 1 aromatic carbocycles. The number of imidazole rings is 1. The van der Waals surface area contributed by atoms with Crippen LogP contribution in [0.1, 0.15) is 29.9 Å². The fraction of sp³-hybridized carbons (Fsp3) is 0.455. The summed E-state index contributed by atoms with van der Waals surface area (Å²) < 4.78 is 2.58. The van der Waals surface area contributed by atoms with Crippen molar-refractivity contribution in [1.82, 2.24) is 24.3 Å². The van der Waals surface area contributed by atoms with Crippen LogP contribution in [-0.4, -0.2) is 74.9 Å². The van der Waals surface area contributed by atoms with Crippen LogP contribution in [0.4, 0.5) is 15.3 Å². The molecular formula is C22H27IN6O3. The Bertz CT molecular complexity index is 1010. The van der Waals surface area contributed by atoms with Crippen molar-refractivity contribution in [3.05, 3.63) is 47.5 Å². The number of anilines is 1. The highest BCUT2D eigenvalue weighted by atomic mass is 127. The summed E-state index contributed by atoms with van der Waals surface area (Å²) in [6, 6.07) is 7.43. The maximum atomic E-state index is 12.7. The van der Waals surface area contributed by atoms with E-state index in [9.17, 15) is 14.4 Å². The summed E-state index contributed by atoms with van der Waals surface area (Å²) in [5, 5.41) is 2.82. The van der Waals surface area contributed by atoms with Gasteiger partial charge in [-0.3, -0.25) is 9.36 Å². The fourth-order valence-electron chi connectivity index (χ4n) is 4.22. The van der Waals surface area contributed by atoms with E-state index in [0.717, 1.165) is 23.0 Å². The lowest BCUT2D eigenvalue weighted by molar-refractivity contribution is -0.132. The molecule has 1 fully saturated rings. The highest BCUT2D eigenvalue weighted by Crippen LogP contribution is 2.26. The Morgan fingerprint density at radius 3 is 2.53 bits per heavy atom. The number of piperidine rings is 1. The predicted octanol–water partition coefficient (Wildman–Crippen LogP) is 3.07. The Morgan fingerprint density at radius 1 is 1.22 bits per heavy atom. The lowest BCUT2D eigenvalue weighted by Crippen LogP contribution is -2.50. The molecule has 10 heteroatoms. The highest BCUT2D eigenvalue weighted by Gasteiger charge is 2.36. The minimum atomic E-state index is -0.316. The number of carbonyl (C=O) groups is 3. The van der Waals surface area contributed by atoms with Crippen LogP contribution >= 0.6 is 22.6 Å². The summed E-state index contributed by atoms with van der Waals surface area (Å²) in [7, 11) is 1.62. The lowest BCUT2D eigenvalue weighted by atomic mass is 10.0. The molecule has 0 radical (unpaired) electrons. The number of carbonyl (C=O) groups excluding carboxylic acids is 3. The van der Waals surface area contributed by atoms with E-state index in [4.69, 9.17) is 0 Å². The molecule has 32 heavy (non-hydrogen) atoms. The number of amides is 4. The van der Waals surface area contributed by atoms with Crippen LogP contribution in [0.5, 0.6) is 0 Å². The third-order valence-corrected chi connectivity index (χ3v) is 7.00. The van der Waals surface area contributed by atoms with Crippen molar-refractivity contribution in [3.63, 3.8) is 0 Å². The largest absolute Gasteiger partial charge is 0.341 e. The second-order valence-corrected chi connectivity index (χ2v) is 9.03. The smallest absolute Gasteiger partial charge is 0.330 e. The van der Waals surface area contributed by atoms with Gasteiger partial charge in [0.25, 0.3) is 0 Å². The van der Waals surface area contributed by atoms with Crippen LogP contribution in [0.15, 0.2) is 30.5 Å². The Hall–Kier alpha value is -2.63. The number of aryl methyl sites for hydroxylation is 1. The SMILES string of the molecule is Cc1ncc2n1C(=O)N(C1CCN(C(=O)CN(C)C(=O)Nc3ccc(CI)cc3)CC1)C2. The third-order valence-electron chi connectivity index (χ3n) is 6.12. The maximum Gasteiger partial charge on any atom is 0.330 e. The molecule has 4 rings (SSSR count). The standard InChI is InChI=1S/C22H27IN6O3/c1-15-24-12-19-13-28(22(32)29(15)19)18-7-9-27(10-8-18)20(30)14-26(2)21(31)25-17-5-3-16(11-23)4-6-17/h3-6,12,18H,7-11,13-14H2,1-2H3,(H,25,31). The van der Waals surface area contributed by atoms with Crippen molar-refractivity contribution >= 4 is 46.2 Å². The van der Waals surface area contributed by atoms with E-state index in [1.165, 1.54) is 10.5 Å². The minimum absolute atomic E-state index is 0.0152. The van der Waals surface area contributed by atoms with Gasteiger partial charge in [0.05, 0.1) is 18.4 Å². The van der Waals surface area contributed by atoms with E-state index in [-0.39, 0.29) is 30.6 Å². The molecule has 2 aliphatic heterocycles. The number of benzene rings is 1. The van der Waals surface area contributed by atoms with Gasteiger partial charge in [-0.1, -0.05) is 34.7 Å². The van der Waals surface area contributed by atoms with E-state index < -0.39 is 0 Å². The van der Waals surface area contributed by atoms with Crippen molar-refractivity contribution < 1.29 is 14.4 Å². The second-order valence-electron chi connectivity index (χ2n) is 8.27. The summed E-state index contributed by atoms with van der Waals surface area (Å²) in [6.45, 7) is 3.57. The summed E-state index contributed by atoms with van der Waals surface area (Å²) in [5.74, 6) is 0.628. The third kappa shape index (κ3) is 4.59. The van der Waals surface area contributed by atoms with Crippen molar-refractivity contribution in [1.29, 1.82) is 0 Å². The Labute approximate surface area is 200 Å². The number of hydrogen-bond donors (Lipinski definition) is 1. The zero-order valence-corrected chi connectivity index (χ0v) is 20.4. The monoisotopic (exact) mass is 550 g/mol. The van der Waals surface area contributed by atoms with Gasteiger partial charge < -0.3 is 20.0 Å². The van der Waals surface area contributed by atoms with Gasteiger partial charge in [-0.05, 0) is 37.5 Å². The van der Waals surface area contributed by atoms with Crippen LogP contribution < -0.4 is 5.32 Å². The normalized spacial score (nSPS) is 16.3. The van der Waals surface area contributed by atoms with E-state index >= 15 is 0 Å². The summed E-state index contributed by atoms with van der Waals surface area (Å²) >= 11 is 2.29. The van der Waals surface area contributed by atoms with Crippen molar-refractivity contribution in [2.75, 3.05) is 32.0 Å². The van der Waals surface area contributed by atoms with Crippen molar-refractivity contribution in [2.24, 2.45) is 0 Å². The van der Waals surface area contributed by atoms with Crippen LogP contribution in [0, 0.1) is 6.92 Å². The zero-order valence-electron chi connectivity index (χ0n) is 18.3. The number of urea groups is 1. The first-order valence-electron chi connectivity index (χ1n) is 10.7. The Kier molecular flexibility index (Phi) is 6.68. The molecule has 0 bridgehead atoms. The van der Waals surface area contributed by atoms with Crippen LogP contribution in [0.3, 0.4) is 0 Å². The van der Waals surface area contributed by atoms with Gasteiger partial charge in [-0.15, -0.1) is 0 Å². The number of likely N-dealkylation sites (tertiary alicyclic amines) is 1. The molecule has 9 nitrogen and oxygen atoms in total. The number of likely N-dealkylation sites (N-methyl/N-ethyl adjacent to an activating group) is 1. The summed E-state index contributed by atoms with van der Waals surface area (Å²) in [4.78, 5) is 47.2. The number of nitrogens with one attached hydrogen (secondary N) is 1. The van der Waals surface area contributed by atoms with Crippen molar-refractivity contribution in [2.45, 2.75) is 36.8 Å². The van der Waals surface area contributed by atoms with Gasteiger partial charge in [0.15, 0.2) is 0 Å². The molecule has 1 N–H and O–H groups in total. The van der Waals surface area contributed by atoms with Gasteiger partial charge in [-0.2, -0.15) is 0 Å². The van der Waals surface area contributed by atoms with E-state index in [1.807, 2.05) is 36.1 Å². The molecule has 2 aliphatic rings. The first-order valence-corrected chi connectivity index (χ1v) is 12.2. The molecule has 0 aliphatic carbocycles.